The van der Waals surface area contributed by atoms with Crippen LogP contribution in [0.4, 0.5) is 0 Å². The molecule has 182 valence electrons. The molecular formula is C36H34Si. The second-order valence-corrected chi connectivity index (χ2v) is 12.0. The molecule has 37 heavy (non-hydrogen) atoms. The minimum Gasteiger partial charge on any atom is -0.0622 e. The first kappa shape index (κ1) is 23.9. The SMILES string of the molecule is CCC1=C(C)c2c(cccc2-c2ccccc2)[C]1[SiH2][C]1C(CC)=C(C)c2c1cccc2-c1ccccc1. The van der Waals surface area contributed by atoms with Crippen molar-refractivity contribution in [1.29, 1.82) is 0 Å². The molecule has 2 aliphatic carbocycles. The second-order valence-electron chi connectivity index (χ2n) is 10.2. The first-order valence-corrected chi connectivity index (χ1v) is 15.1. The molecule has 0 aromatic heterocycles. The molecule has 0 fully saturated rings. The van der Waals surface area contributed by atoms with Crippen LogP contribution in [0.1, 0.15) is 62.8 Å². The number of hydrogen-bond acceptors (Lipinski definition) is 0. The Balaban J connectivity index is 1.46. The zero-order valence-corrected chi connectivity index (χ0v) is 23.8. The van der Waals surface area contributed by atoms with Crippen molar-refractivity contribution in [2.24, 2.45) is 0 Å². The summed E-state index contributed by atoms with van der Waals surface area (Å²) in [6, 6.07) is 35.7. The monoisotopic (exact) mass is 494 g/mol. The number of rotatable bonds is 6. The van der Waals surface area contributed by atoms with Crippen molar-refractivity contribution in [2.45, 2.75) is 40.5 Å². The maximum atomic E-state index is 2.38. The van der Waals surface area contributed by atoms with Crippen molar-refractivity contribution in [2.75, 3.05) is 0 Å². The predicted octanol–water partition coefficient (Wildman–Crippen LogP) is 9.04. The van der Waals surface area contributed by atoms with E-state index in [0.29, 0.717) is 0 Å². The second kappa shape index (κ2) is 9.80. The number of allylic oxidation sites excluding steroid dienone is 4. The Labute approximate surface area is 224 Å². The molecule has 0 atom stereocenters. The van der Waals surface area contributed by atoms with Crippen LogP contribution in [0.2, 0.25) is 0 Å². The van der Waals surface area contributed by atoms with Crippen LogP contribution in [0.5, 0.6) is 0 Å². The quantitative estimate of drug-likeness (QED) is 0.235. The van der Waals surface area contributed by atoms with Crippen molar-refractivity contribution in [1.82, 2.24) is 0 Å². The number of benzene rings is 4. The summed E-state index contributed by atoms with van der Waals surface area (Å²) in [6.45, 7) is 9.38. The van der Waals surface area contributed by atoms with E-state index in [1.165, 1.54) is 55.7 Å². The van der Waals surface area contributed by atoms with Gasteiger partial charge in [-0.25, -0.2) is 0 Å². The molecule has 0 N–H and O–H groups in total. The van der Waals surface area contributed by atoms with Crippen molar-refractivity contribution in [3.8, 4) is 22.3 Å². The Kier molecular flexibility index (Phi) is 6.34. The summed E-state index contributed by atoms with van der Waals surface area (Å²) in [6.07, 6.45) is 2.18. The van der Waals surface area contributed by atoms with Crippen molar-refractivity contribution in [3.05, 3.63) is 142 Å². The standard InChI is InChI=1S/C36H34Si/c1-5-27-23(3)33-29(25-15-9-7-10-16-25)19-13-21-31(33)35(27)37-36-28(6-2)24(4)34-30(20-14-22-32(34)36)26-17-11-8-12-18-26/h7-22H,5-6,37H2,1-4H3. The molecule has 0 saturated heterocycles. The minimum atomic E-state index is -0.708. The molecule has 2 radical (unpaired) electrons. The predicted molar refractivity (Wildman–Crippen MR) is 163 cm³/mol. The Morgan fingerprint density at radius 1 is 0.459 bits per heavy atom. The Bertz CT molecular complexity index is 1400. The van der Waals surface area contributed by atoms with Gasteiger partial charge in [0.1, 0.15) is 0 Å². The molecule has 0 amide bonds. The molecule has 0 aliphatic heterocycles. The molecule has 2 aliphatic rings. The molecule has 4 aromatic rings. The molecule has 0 nitrogen and oxygen atoms in total. The van der Waals surface area contributed by atoms with Crippen molar-refractivity contribution < 1.29 is 0 Å². The molecule has 1 heteroatoms. The van der Waals surface area contributed by atoms with Crippen molar-refractivity contribution in [3.63, 3.8) is 0 Å². The fraction of sp³-hybridized carbons (Fsp3) is 0.167. The first-order valence-electron chi connectivity index (χ1n) is 13.6. The fourth-order valence-corrected chi connectivity index (χ4v) is 9.53. The maximum Gasteiger partial charge on any atom is 0.0575 e. The summed E-state index contributed by atoms with van der Waals surface area (Å²) in [4.78, 5) is 0. The van der Waals surface area contributed by atoms with Crippen LogP contribution in [0.25, 0.3) is 33.4 Å². The third-order valence-corrected chi connectivity index (χ3v) is 10.7. The average molecular weight is 495 g/mol. The van der Waals surface area contributed by atoms with Gasteiger partial charge in [0.25, 0.3) is 0 Å². The van der Waals surface area contributed by atoms with Gasteiger partial charge in [0, 0.05) is 11.1 Å². The minimum absolute atomic E-state index is 0.708. The Morgan fingerprint density at radius 2 is 0.838 bits per heavy atom. The summed E-state index contributed by atoms with van der Waals surface area (Å²) in [5.41, 5.74) is 20.7. The molecule has 6 rings (SSSR count). The van der Waals surface area contributed by atoms with E-state index < -0.39 is 9.52 Å². The van der Waals surface area contributed by atoms with E-state index >= 15 is 0 Å². The number of fused-ring (bicyclic) bond motifs is 2. The summed E-state index contributed by atoms with van der Waals surface area (Å²) >= 11 is 0. The lowest BCUT2D eigenvalue weighted by molar-refractivity contribution is 1.09. The summed E-state index contributed by atoms with van der Waals surface area (Å²) < 4.78 is 0. The highest BCUT2D eigenvalue weighted by molar-refractivity contribution is 6.57. The van der Waals surface area contributed by atoms with Gasteiger partial charge in [0.05, 0.1) is 9.52 Å². The van der Waals surface area contributed by atoms with E-state index in [1.807, 2.05) is 0 Å². The van der Waals surface area contributed by atoms with Gasteiger partial charge in [-0.3, -0.25) is 0 Å². The highest BCUT2D eigenvalue weighted by Gasteiger charge is 2.38. The molecular weight excluding hydrogens is 460 g/mol. The average Bonchev–Trinajstić information content (AvgIpc) is 3.39. The summed E-state index contributed by atoms with van der Waals surface area (Å²) in [5.74, 6) is 0. The molecule has 0 bridgehead atoms. The topological polar surface area (TPSA) is 0 Å². The van der Waals surface area contributed by atoms with Gasteiger partial charge in [-0.1, -0.05) is 122 Å². The van der Waals surface area contributed by atoms with E-state index in [9.17, 15) is 0 Å². The van der Waals surface area contributed by atoms with E-state index in [1.54, 1.807) is 22.2 Å². The van der Waals surface area contributed by atoms with Crippen LogP contribution in [0.15, 0.2) is 108 Å². The Hall–Kier alpha value is -3.42. The molecule has 0 spiro atoms. The van der Waals surface area contributed by atoms with Crippen molar-refractivity contribution >= 4 is 20.7 Å². The van der Waals surface area contributed by atoms with E-state index in [0.717, 1.165) is 12.8 Å². The summed E-state index contributed by atoms with van der Waals surface area (Å²) in [5, 5.41) is 0. The van der Waals surface area contributed by atoms with Crippen LogP contribution in [0, 0.1) is 11.1 Å². The van der Waals surface area contributed by atoms with Crippen LogP contribution in [-0.2, 0) is 0 Å². The fourth-order valence-electron chi connectivity index (χ4n) is 6.75. The normalized spacial score (nSPS) is 15.5. The van der Waals surface area contributed by atoms with Gasteiger partial charge in [-0.05, 0) is 82.3 Å². The van der Waals surface area contributed by atoms with Crippen LogP contribution < -0.4 is 0 Å². The largest absolute Gasteiger partial charge is 0.0622 e. The van der Waals surface area contributed by atoms with Gasteiger partial charge >= 0.3 is 0 Å². The van der Waals surface area contributed by atoms with Gasteiger partial charge in [0.15, 0.2) is 0 Å². The van der Waals surface area contributed by atoms with E-state index in [4.69, 9.17) is 0 Å². The van der Waals surface area contributed by atoms with E-state index in [2.05, 4.69) is 125 Å². The van der Waals surface area contributed by atoms with Gasteiger partial charge in [-0.15, -0.1) is 0 Å². The third kappa shape index (κ3) is 3.88. The summed E-state index contributed by atoms with van der Waals surface area (Å²) in [7, 11) is -0.708. The van der Waals surface area contributed by atoms with Gasteiger partial charge < -0.3 is 0 Å². The van der Waals surface area contributed by atoms with Crippen LogP contribution in [-0.4, -0.2) is 9.52 Å². The molecule has 0 saturated carbocycles. The van der Waals surface area contributed by atoms with E-state index in [-0.39, 0.29) is 0 Å². The molecule has 0 unspecified atom stereocenters. The zero-order valence-electron chi connectivity index (χ0n) is 22.4. The lowest BCUT2D eigenvalue weighted by atomic mass is 9.94. The number of hydrogen-bond donors (Lipinski definition) is 0. The highest BCUT2D eigenvalue weighted by Crippen LogP contribution is 2.51. The van der Waals surface area contributed by atoms with Crippen LogP contribution >= 0.6 is 0 Å². The maximum absolute atomic E-state index is 2.38. The smallest absolute Gasteiger partial charge is 0.0575 e. The lowest BCUT2D eigenvalue weighted by Gasteiger charge is -2.22. The highest BCUT2D eigenvalue weighted by atomic mass is 28.2. The third-order valence-electron chi connectivity index (χ3n) is 8.39. The Morgan fingerprint density at radius 3 is 1.22 bits per heavy atom. The zero-order chi connectivity index (χ0) is 25.5. The van der Waals surface area contributed by atoms with Crippen LogP contribution in [0.3, 0.4) is 0 Å². The lowest BCUT2D eigenvalue weighted by Crippen LogP contribution is -2.19. The first-order chi connectivity index (χ1) is 18.1. The molecule has 0 heterocycles. The van der Waals surface area contributed by atoms with Gasteiger partial charge in [0.2, 0.25) is 0 Å². The van der Waals surface area contributed by atoms with Gasteiger partial charge in [-0.2, -0.15) is 0 Å². The molecule has 4 aromatic carbocycles.